The van der Waals surface area contributed by atoms with E-state index in [9.17, 15) is 0 Å². The molecule has 3 heteroatoms. The quantitative estimate of drug-likeness (QED) is 0.420. The van der Waals surface area contributed by atoms with Gasteiger partial charge in [0, 0.05) is 0 Å². The first-order valence-corrected chi connectivity index (χ1v) is 3.36. The third-order valence-electron chi connectivity index (χ3n) is 1.63. The number of aliphatic hydroxyl groups excluding tert-OH is 1. The molecule has 0 saturated carbocycles. The van der Waals surface area contributed by atoms with Crippen molar-refractivity contribution in [1.29, 1.82) is 0 Å². The van der Waals surface area contributed by atoms with Gasteiger partial charge >= 0.3 is 5.97 Å². The van der Waals surface area contributed by atoms with Gasteiger partial charge < -0.3 is 14.3 Å². The molecule has 0 aromatic heterocycles. The van der Waals surface area contributed by atoms with Gasteiger partial charge in [0.25, 0.3) is 0 Å². The van der Waals surface area contributed by atoms with E-state index in [2.05, 4.69) is 0 Å². The molecule has 1 rings (SSSR count). The highest BCUT2D eigenvalue weighted by Gasteiger charge is 2.35. The minimum Gasteiger partial charge on any atom is -0.395 e. The fraction of sp³-hybridized carbons (Fsp3) is 0.857. The van der Waals surface area contributed by atoms with E-state index in [1.165, 1.54) is 0 Å². The monoisotopic (exact) mass is 145 g/mol. The maximum absolute atomic E-state index is 8.87. The Kier molecular flexibility index (Phi) is 1.94. The first-order chi connectivity index (χ1) is 4.66. The van der Waals surface area contributed by atoms with Gasteiger partial charge in [-0.2, -0.15) is 0 Å². The van der Waals surface area contributed by atoms with Gasteiger partial charge in [0.15, 0.2) is 13.2 Å². The van der Waals surface area contributed by atoms with Gasteiger partial charge in [0.2, 0.25) is 0 Å². The van der Waals surface area contributed by atoms with Gasteiger partial charge in [-0.05, 0) is 6.92 Å². The lowest BCUT2D eigenvalue weighted by atomic mass is 9.94. The second-order valence-corrected chi connectivity index (χ2v) is 3.04. The number of hydrogen-bond acceptors (Lipinski definition) is 2. The molecule has 0 aromatic carbocycles. The summed E-state index contributed by atoms with van der Waals surface area (Å²) in [6.45, 7) is 4.92. The lowest BCUT2D eigenvalue weighted by molar-refractivity contribution is -0.500. The summed E-state index contributed by atoms with van der Waals surface area (Å²) in [5.74, 6) is 0.603. The molecule has 10 heavy (non-hydrogen) atoms. The number of carbonyl (C=O) groups excluding carboxylic acids is 1. The Balaban J connectivity index is 2.56. The highest BCUT2D eigenvalue weighted by Crippen LogP contribution is 2.17. The average Bonchev–Trinajstić information content (AvgIpc) is 1.96. The van der Waals surface area contributed by atoms with Gasteiger partial charge in [-0.1, -0.05) is 0 Å². The van der Waals surface area contributed by atoms with Crippen molar-refractivity contribution in [2.24, 2.45) is 5.41 Å². The van der Waals surface area contributed by atoms with Crippen LogP contribution >= 0.6 is 0 Å². The molecule has 0 spiro atoms. The third kappa shape index (κ3) is 1.48. The topological polar surface area (TPSA) is 40.8 Å². The van der Waals surface area contributed by atoms with E-state index in [1.807, 2.05) is 6.92 Å². The Morgan fingerprint density at radius 1 is 1.80 bits per heavy atom. The molecule has 1 atom stereocenters. The van der Waals surface area contributed by atoms with Crippen LogP contribution in [-0.4, -0.2) is 30.9 Å². The minimum absolute atomic E-state index is 0.111. The molecule has 0 radical (unpaired) electrons. The van der Waals surface area contributed by atoms with Crippen LogP contribution < -0.4 is 0 Å². The molecule has 58 valence electrons. The molecule has 3 nitrogen and oxygen atoms in total. The fourth-order valence-electron chi connectivity index (χ4n) is 0.726. The van der Waals surface area contributed by atoms with Gasteiger partial charge in [0.1, 0.15) is 5.41 Å². The zero-order chi connectivity index (χ0) is 7.61. The number of rotatable bonds is 1. The van der Waals surface area contributed by atoms with Crippen molar-refractivity contribution in [3.8, 4) is 0 Å². The van der Waals surface area contributed by atoms with Gasteiger partial charge in [-0.25, -0.2) is 0 Å². The Labute approximate surface area is 60.3 Å². The van der Waals surface area contributed by atoms with E-state index in [4.69, 9.17) is 14.3 Å². The third-order valence-corrected chi connectivity index (χ3v) is 1.63. The Bertz CT molecular complexity index is 153. The highest BCUT2D eigenvalue weighted by atomic mass is 16.6. The predicted molar refractivity (Wildman–Crippen MR) is 36.7 cm³/mol. The summed E-state index contributed by atoms with van der Waals surface area (Å²) in [5, 5.41) is 8.87. The van der Waals surface area contributed by atoms with Crippen LogP contribution in [0.5, 0.6) is 0 Å². The maximum Gasteiger partial charge on any atom is 0.481 e. The Morgan fingerprint density at radius 2 is 2.50 bits per heavy atom. The molecule has 0 aliphatic carbocycles. The van der Waals surface area contributed by atoms with Crippen LogP contribution in [0, 0.1) is 5.41 Å². The number of aliphatic hydroxyl groups is 1. The van der Waals surface area contributed by atoms with Crippen LogP contribution in [0.1, 0.15) is 13.8 Å². The molecule has 0 saturated heterocycles. The van der Waals surface area contributed by atoms with Crippen LogP contribution in [0.4, 0.5) is 0 Å². The van der Waals surface area contributed by atoms with Crippen molar-refractivity contribution in [2.45, 2.75) is 13.8 Å². The molecule has 1 N–H and O–H groups in total. The van der Waals surface area contributed by atoms with Crippen molar-refractivity contribution >= 4 is 5.97 Å². The van der Waals surface area contributed by atoms with Crippen molar-refractivity contribution in [3.05, 3.63) is 0 Å². The SMILES string of the molecule is CC1=[O+]CC(C)(CO)CO1. The van der Waals surface area contributed by atoms with E-state index in [1.54, 1.807) is 6.92 Å². The van der Waals surface area contributed by atoms with Crippen LogP contribution in [0.2, 0.25) is 0 Å². The van der Waals surface area contributed by atoms with Crippen LogP contribution in [-0.2, 0) is 9.16 Å². The molecule has 0 fully saturated rings. The molecule has 1 heterocycles. The lowest BCUT2D eigenvalue weighted by Gasteiger charge is -2.20. The van der Waals surface area contributed by atoms with Crippen LogP contribution in [0.3, 0.4) is 0 Å². The van der Waals surface area contributed by atoms with Gasteiger partial charge in [-0.15, -0.1) is 0 Å². The summed E-state index contributed by atoms with van der Waals surface area (Å²) >= 11 is 0. The second-order valence-electron chi connectivity index (χ2n) is 3.04. The second kappa shape index (κ2) is 2.58. The first kappa shape index (κ1) is 7.54. The molecular weight excluding hydrogens is 132 g/mol. The molecule has 0 amide bonds. The predicted octanol–water partition coefficient (Wildman–Crippen LogP) is 0.0974. The summed E-state index contributed by atoms with van der Waals surface area (Å²) in [6.07, 6.45) is 0. The summed E-state index contributed by atoms with van der Waals surface area (Å²) in [5.41, 5.74) is -0.209. The molecular formula is C7H13O3+. The van der Waals surface area contributed by atoms with Crippen LogP contribution in [0.25, 0.3) is 0 Å². The number of hydrogen-bond donors (Lipinski definition) is 1. The Morgan fingerprint density at radius 3 is 2.90 bits per heavy atom. The molecule has 1 unspecified atom stereocenters. The fourth-order valence-corrected chi connectivity index (χ4v) is 0.726. The van der Waals surface area contributed by atoms with Crippen molar-refractivity contribution in [3.63, 3.8) is 0 Å². The summed E-state index contributed by atoms with van der Waals surface area (Å²) in [6, 6.07) is 0. The van der Waals surface area contributed by atoms with Crippen molar-refractivity contribution < 1.29 is 14.3 Å². The average molecular weight is 145 g/mol. The summed E-state index contributed by atoms with van der Waals surface area (Å²) < 4.78 is 10.2. The van der Waals surface area contributed by atoms with E-state index in [-0.39, 0.29) is 12.0 Å². The number of esters is 1. The largest absolute Gasteiger partial charge is 0.481 e. The van der Waals surface area contributed by atoms with Gasteiger partial charge in [0.05, 0.1) is 13.5 Å². The lowest BCUT2D eigenvalue weighted by Crippen LogP contribution is -2.37. The van der Waals surface area contributed by atoms with E-state index >= 15 is 0 Å². The van der Waals surface area contributed by atoms with E-state index in [0.29, 0.717) is 19.2 Å². The highest BCUT2D eigenvalue weighted by molar-refractivity contribution is 5.66. The van der Waals surface area contributed by atoms with E-state index in [0.717, 1.165) is 0 Å². The first-order valence-electron chi connectivity index (χ1n) is 3.36. The summed E-state index contributed by atoms with van der Waals surface area (Å²) in [7, 11) is 0. The molecule has 1 aliphatic rings. The Hall–Kier alpha value is -0.570. The smallest absolute Gasteiger partial charge is 0.395 e. The maximum atomic E-state index is 8.87. The normalized spacial score (nSPS) is 32.9. The van der Waals surface area contributed by atoms with Crippen molar-refractivity contribution in [2.75, 3.05) is 19.8 Å². The molecule has 0 bridgehead atoms. The van der Waals surface area contributed by atoms with Gasteiger partial charge in [-0.3, -0.25) is 0 Å². The summed E-state index contributed by atoms with van der Waals surface area (Å²) in [4.78, 5) is 0. The van der Waals surface area contributed by atoms with E-state index < -0.39 is 0 Å². The minimum atomic E-state index is -0.209. The number of ether oxygens (including phenoxy) is 1. The zero-order valence-corrected chi connectivity index (χ0v) is 6.39. The standard InChI is InChI=1S/C7H13O3/c1-6-9-4-7(2,3-8)5-10-6/h8H,3-5H2,1-2H3/q+1. The molecule has 1 aliphatic heterocycles. The van der Waals surface area contributed by atoms with Crippen LogP contribution in [0.15, 0.2) is 0 Å². The zero-order valence-electron chi connectivity index (χ0n) is 6.39. The van der Waals surface area contributed by atoms with Crippen molar-refractivity contribution in [1.82, 2.24) is 0 Å². The number of cyclic esters (lactones) is 1. The molecule has 0 aromatic rings.